The standard InChI is InChI=1S/C19H23N3O2/c1-24-13-17-11-21(19(23)15-5-3-2-4-6-15)10-16-12-22(20-18(16)17)9-14-7-8-14/h2-6,12,14,17H,7-11,13H2,1H3. The summed E-state index contributed by atoms with van der Waals surface area (Å²) in [5.41, 5.74) is 3.00. The van der Waals surface area contributed by atoms with Gasteiger partial charge in [0.15, 0.2) is 0 Å². The number of methoxy groups -OCH3 is 1. The zero-order valence-electron chi connectivity index (χ0n) is 14.0. The molecule has 1 amide bonds. The van der Waals surface area contributed by atoms with E-state index in [0.717, 1.165) is 29.3 Å². The van der Waals surface area contributed by atoms with Crippen LogP contribution in [-0.2, 0) is 17.8 Å². The molecule has 1 atom stereocenters. The minimum atomic E-state index is 0.0808. The normalized spacial score (nSPS) is 20.0. The van der Waals surface area contributed by atoms with Crippen molar-refractivity contribution in [1.29, 1.82) is 0 Å². The lowest BCUT2D eigenvalue weighted by atomic mass is 9.96. The van der Waals surface area contributed by atoms with Gasteiger partial charge in [-0.3, -0.25) is 9.48 Å². The third-order valence-electron chi connectivity index (χ3n) is 4.88. The highest BCUT2D eigenvalue weighted by Gasteiger charge is 2.32. The Labute approximate surface area is 142 Å². The molecular weight excluding hydrogens is 302 g/mol. The minimum absolute atomic E-state index is 0.0808. The Morgan fingerprint density at radius 3 is 2.79 bits per heavy atom. The van der Waals surface area contributed by atoms with Gasteiger partial charge in [0.25, 0.3) is 5.91 Å². The van der Waals surface area contributed by atoms with Gasteiger partial charge in [0, 0.05) is 50.0 Å². The second kappa shape index (κ2) is 6.40. The Hall–Kier alpha value is -2.14. The fourth-order valence-electron chi connectivity index (χ4n) is 3.48. The maximum absolute atomic E-state index is 12.8. The average Bonchev–Trinajstić information content (AvgIpc) is 3.32. The van der Waals surface area contributed by atoms with Gasteiger partial charge >= 0.3 is 0 Å². The summed E-state index contributed by atoms with van der Waals surface area (Å²) in [6.07, 6.45) is 4.75. The molecule has 5 nitrogen and oxygen atoms in total. The molecule has 24 heavy (non-hydrogen) atoms. The van der Waals surface area contributed by atoms with Gasteiger partial charge in [-0.1, -0.05) is 18.2 Å². The number of hydrogen-bond donors (Lipinski definition) is 0. The number of carbonyl (C=O) groups is 1. The number of rotatable bonds is 5. The van der Waals surface area contributed by atoms with Crippen molar-refractivity contribution in [2.75, 3.05) is 20.3 Å². The van der Waals surface area contributed by atoms with Crippen LogP contribution < -0.4 is 0 Å². The van der Waals surface area contributed by atoms with E-state index in [-0.39, 0.29) is 11.8 Å². The Bertz CT molecular complexity index is 721. The quantitative estimate of drug-likeness (QED) is 0.849. The molecule has 1 aromatic heterocycles. The topological polar surface area (TPSA) is 47.4 Å². The Morgan fingerprint density at radius 1 is 1.29 bits per heavy atom. The maximum atomic E-state index is 12.8. The number of carbonyl (C=O) groups excluding carboxylic acids is 1. The third kappa shape index (κ3) is 3.08. The predicted molar refractivity (Wildman–Crippen MR) is 90.8 cm³/mol. The Morgan fingerprint density at radius 2 is 2.08 bits per heavy atom. The van der Waals surface area contributed by atoms with Gasteiger partial charge in [-0.25, -0.2) is 0 Å². The number of fused-ring (bicyclic) bond motifs is 1. The molecule has 1 unspecified atom stereocenters. The van der Waals surface area contributed by atoms with E-state index >= 15 is 0 Å². The second-order valence-corrected chi connectivity index (χ2v) is 6.91. The third-order valence-corrected chi connectivity index (χ3v) is 4.88. The first-order valence-electron chi connectivity index (χ1n) is 8.64. The van der Waals surface area contributed by atoms with Gasteiger partial charge in [-0.15, -0.1) is 0 Å². The maximum Gasteiger partial charge on any atom is 0.254 e. The smallest absolute Gasteiger partial charge is 0.254 e. The first-order valence-corrected chi connectivity index (χ1v) is 8.64. The molecule has 2 heterocycles. The van der Waals surface area contributed by atoms with E-state index in [9.17, 15) is 4.79 Å². The molecule has 0 bridgehead atoms. The lowest BCUT2D eigenvalue weighted by molar-refractivity contribution is 0.0678. The molecule has 0 spiro atoms. The van der Waals surface area contributed by atoms with E-state index in [2.05, 4.69) is 10.9 Å². The van der Waals surface area contributed by atoms with E-state index in [1.165, 1.54) is 12.8 Å². The lowest BCUT2D eigenvalue weighted by Gasteiger charge is -2.31. The number of hydrogen-bond acceptors (Lipinski definition) is 3. The van der Waals surface area contributed by atoms with Gasteiger partial charge in [-0.05, 0) is 30.9 Å². The highest BCUT2D eigenvalue weighted by Crippen LogP contribution is 2.33. The minimum Gasteiger partial charge on any atom is -0.384 e. The van der Waals surface area contributed by atoms with E-state index in [1.807, 2.05) is 35.2 Å². The monoisotopic (exact) mass is 325 g/mol. The van der Waals surface area contributed by atoms with Crippen molar-refractivity contribution in [1.82, 2.24) is 14.7 Å². The van der Waals surface area contributed by atoms with E-state index in [1.54, 1.807) is 7.11 Å². The largest absolute Gasteiger partial charge is 0.384 e. The zero-order valence-corrected chi connectivity index (χ0v) is 14.0. The van der Waals surface area contributed by atoms with Crippen molar-refractivity contribution in [2.45, 2.75) is 31.8 Å². The zero-order chi connectivity index (χ0) is 16.5. The van der Waals surface area contributed by atoms with Crippen LogP contribution in [-0.4, -0.2) is 40.8 Å². The molecule has 2 aromatic rings. The van der Waals surface area contributed by atoms with Crippen LogP contribution in [0, 0.1) is 5.92 Å². The molecule has 1 aromatic carbocycles. The van der Waals surface area contributed by atoms with E-state index in [0.29, 0.717) is 19.7 Å². The fourth-order valence-corrected chi connectivity index (χ4v) is 3.48. The summed E-state index contributed by atoms with van der Waals surface area (Å²) in [6.45, 7) is 2.88. The number of benzene rings is 1. The molecule has 0 N–H and O–H groups in total. The van der Waals surface area contributed by atoms with Gasteiger partial charge in [-0.2, -0.15) is 5.10 Å². The molecule has 2 aliphatic rings. The van der Waals surface area contributed by atoms with Crippen molar-refractivity contribution in [2.24, 2.45) is 5.92 Å². The fraction of sp³-hybridized carbons (Fsp3) is 0.474. The highest BCUT2D eigenvalue weighted by molar-refractivity contribution is 5.94. The molecule has 5 heteroatoms. The van der Waals surface area contributed by atoms with Crippen molar-refractivity contribution in [3.63, 3.8) is 0 Å². The number of nitrogens with zero attached hydrogens (tertiary/aromatic N) is 3. The SMILES string of the molecule is COCC1CN(C(=O)c2ccccc2)Cc2cn(CC3CC3)nc21. The summed E-state index contributed by atoms with van der Waals surface area (Å²) in [5, 5.41) is 4.80. The molecule has 0 radical (unpaired) electrons. The van der Waals surface area contributed by atoms with Gasteiger partial charge < -0.3 is 9.64 Å². The molecule has 0 saturated heterocycles. The van der Waals surface area contributed by atoms with Crippen molar-refractivity contribution in [3.8, 4) is 0 Å². The number of amides is 1. The van der Waals surface area contributed by atoms with Crippen LogP contribution in [0.3, 0.4) is 0 Å². The molecule has 4 rings (SSSR count). The summed E-state index contributed by atoms with van der Waals surface area (Å²) in [7, 11) is 1.71. The van der Waals surface area contributed by atoms with Crippen LogP contribution in [0.2, 0.25) is 0 Å². The van der Waals surface area contributed by atoms with Gasteiger partial charge in [0.05, 0.1) is 12.3 Å². The van der Waals surface area contributed by atoms with Crippen molar-refractivity contribution >= 4 is 5.91 Å². The summed E-state index contributed by atoms with van der Waals surface area (Å²) in [6, 6.07) is 9.49. The summed E-state index contributed by atoms with van der Waals surface area (Å²) >= 11 is 0. The van der Waals surface area contributed by atoms with Crippen molar-refractivity contribution < 1.29 is 9.53 Å². The molecule has 1 aliphatic heterocycles. The molecule has 1 aliphatic carbocycles. The number of ether oxygens (including phenoxy) is 1. The number of aromatic nitrogens is 2. The predicted octanol–water partition coefficient (Wildman–Crippen LogP) is 2.68. The van der Waals surface area contributed by atoms with Crippen LogP contribution in [0.5, 0.6) is 0 Å². The van der Waals surface area contributed by atoms with Crippen LogP contribution in [0.1, 0.15) is 40.4 Å². The van der Waals surface area contributed by atoms with E-state index in [4.69, 9.17) is 9.84 Å². The van der Waals surface area contributed by atoms with Gasteiger partial charge in [0.2, 0.25) is 0 Å². The summed E-state index contributed by atoms with van der Waals surface area (Å²) < 4.78 is 7.46. The Balaban J connectivity index is 1.58. The van der Waals surface area contributed by atoms with Crippen molar-refractivity contribution in [3.05, 3.63) is 53.3 Å². The highest BCUT2D eigenvalue weighted by atomic mass is 16.5. The average molecular weight is 325 g/mol. The molecule has 126 valence electrons. The van der Waals surface area contributed by atoms with E-state index < -0.39 is 0 Å². The van der Waals surface area contributed by atoms with Crippen LogP contribution in [0.25, 0.3) is 0 Å². The summed E-state index contributed by atoms with van der Waals surface area (Å²) in [4.78, 5) is 14.7. The van der Waals surface area contributed by atoms with Crippen LogP contribution in [0.15, 0.2) is 36.5 Å². The first-order chi connectivity index (χ1) is 11.7. The molecule has 1 fully saturated rings. The Kier molecular flexibility index (Phi) is 4.10. The van der Waals surface area contributed by atoms with Crippen LogP contribution >= 0.6 is 0 Å². The van der Waals surface area contributed by atoms with Gasteiger partial charge in [0.1, 0.15) is 0 Å². The molecule has 1 saturated carbocycles. The summed E-state index contributed by atoms with van der Waals surface area (Å²) in [5.74, 6) is 1.01. The van der Waals surface area contributed by atoms with Crippen LogP contribution in [0.4, 0.5) is 0 Å². The lowest BCUT2D eigenvalue weighted by Crippen LogP contribution is -2.39. The second-order valence-electron chi connectivity index (χ2n) is 6.91. The first kappa shape index (κ1) is 15.4. The molecular formula is C19H23N3O2.